The van der Waals surface area contributed by atoms with E-state index in [-0.39, 0.29) is 10.7 Å². The van der Waals surface area contributed by atoms with Gasteiger partial charge < -0.3 is 4.90 Å². The van der Waals surface area contributed by atoms with Gasteiger partial charge in [-0.2, -0.15) is 8.42 Å². The number of benzene rings is 3. The molecule has 0 amide bonds. The van der Waals surface area contributed by atoms with Crippen molar-refractivity contribution in [2.45, 2.75) is 18.4 Å². The van der Waals surface area contributed by atoms with Gasteiger partial charge in [0, 0.05) is 12.1 Å². The Hall–Kier alpha value is -3.82. The van der Waals surface area contributed by atoms with E-state index in [2.05, 4.69) is 0 Å². The van der Waals surface area contributed by atoms with Gasteiger partial charge in [0.15, 0.2) is 5.78 Å². The molecule has 0 heterocycles. The topological polar surface area (TPSA) is 99.4 Å². The van der Waals surface area contributed by atoms with Gasteiger partial charge in [0.05, 0.1) is 17.6 Å². The maximum atomic E-state index is 11.7. The SMILES string of the molecule is CCN(O)c1ccc(C(=C2C=CC(=O)C=C2)c2ccc([NH+](C)Cc3cccc(S(=O)(=O)O)c3)cc2)cc1. The summed E-state index contributed by atoms with van der Waals surface area (Å²) in [7, 11) is -2.27. The van der Waals surface area contributed by atoms with Crippen LogP contribution in [-0.2, 0) is 21.5 Å². The van der Waals surface area contributed by atoms with Gasteiger partial charge in [0.25, 0.3) is 10.1 Å². The summed E-state index contributed by atoms with van der Waals surface area (Å²) in [5, 5.41) is 11.2. The van der Waals surface area contributed by atoms with Crippen molar-refractivity contribution >= 4 is 32.8 Å². The first-order valence-corrected chi connectivity index (χ1v) is 13.3. The lowest BCUT2D eigenvalue weighted by Gasteiger charge is -2.18. The third kappa shape index (κ3) is 6.31. The summed E-state index contributed by atoms with van der Waals surface area (Å²) in [6.07, 6.45) is 6.71. The molecule has 190 valence electrons. The summed E-state index contributed by atoms with van der Waals surface area (Å²) in [6.45, 7) is 2.86. The van der Waals surface area contributed by atoms with Crippen molar-refractivity contribution in [3.8, 4) is 0 Å². The maximum Gasteiger partial charge on any atom is 0.294 e. The Labute approximate surface area is 217 Å². The molecule has 8 heteroatoms. The number of allylic oxidation sites excluding steroid dienone is 5. The molecule has 7 nitrogen and oxygen atoms in total. The molecule has 4 rings (SSSR count). The molecule has 1 atom stereocenters. The van der Waals surface area contributed by atoms with Gasteiger partial charge in [-0.25, -0.2) is 0 Å². The molecule has 0 fully saturated rings. The molecule has 3 N–H and O–H groups in total. The lowest BCUT2D eigenvalue weighted by Crippen LogP contribution is -3.02. The average Bonchev–Trinajstić information content (AvgIpc) is 2.90. The minimum absolute atomic E-state index is 0.0593. The van der Waals surface area contributed by atoms with Gasteiger partial charge in [-0.1, -0.05) is 36.4 Å². The zero-order valence-corrected chi connectivity index (χ0v) is 21.4. The van der Waals surface area contributed by atoms with E-state index in [9.17, 15) is 23.0 Å². The number of hydrogen-bond acceptors (Lipinski definition) is 5. The van der Waals surface area contributed by atoms with E-state index in [1.54, 1.807) is 18.2 Å². The van der Waals surface area contributed by atoms with Crippen molar-refractivity contribution in [3.05, 3.63) is 119 Å². The first-order chi connectivity index (χ1) is 17.7. The number of ketones is 1. The Morgan fingerprint density at radius 1 is 0.892 bits per heavy atom. The predicted octanol–water partition coefficient (Wildman–Crippen LogP) is 3.99. The molecular weight excluding hydrogens is 488 g/mol. The van der Waals surface area contributed by atoms with Gasteiger partial charge in [-0.15, -0.1) is 0 Å². The molecule has 37 heavy (non-hydrogen) atoms. The number of hydrogen-bond donors (Lipinski definition) is 3. The summed E-state index contributed by atoms with van der Waals surface area (Å²) in [4.78, 5) is 12.6. The van der Waals surface area contributed by atoms with Crippen LogP contribution in [0.4, 0.5) is 11.4 Å². The minimum Gasteiger partial charge on any atom is -0.301 e. The van der Waals surface area contributed by atoms with Crippen LogP contribution in [0.25, 0.3) is 5.57 Å². The molecule has 3 aromatic carbocycles. The molecular formula is C29H29N2O5S+. The lowest BCUT2D eigenvalue weighted by atomic mass is 9.90. The quantitative estimate of drug-likeness (QED) is 0.309. The highest BCUT2D eigenvalue weighted by Gasteiger charge is 2.16. The van der Waals surface area contributed by atoms with Crippen molar-refractivity contribution in [1.82, 2.24) is 0 Å². The zero-order valence-electron chi connectivity index (χ0n) is 20.6. The van der Waals surface area contributed by atoms with E-state index in [0.717, 1.165) is 38.4 Å². The fourth-order valence-electron chi connectivity index (χ4n) is 4.25. The average molecular weight is 518 g/mol. The Morgan fingerprint density at radius 2 is 1.49 bits per heavy atom. The number of hydroxylamine groups is 1. The van der Waals surface area contributed by atoms with Crippen molar-refractivity contribution in [2.24, 2.45) is 0 Å². The van der Waals surface area contributed by atoms with Crippen LogP contribution < -0.4 is 9.96 Å². The molecule has 0 radical (unpaired) electrons. The second-order valence-electron chi connectivity index (χ2n) is 8.82. The van der Waals surface area contributed by atoms with Crippen LogP contribution in [0.5, 0.6) is 0 Å². The molecule has 0 saturated carbocycles. The van der Waals surface area contributed by atoms with Gasteiger partial charge in [0.1, 0.15) is 12.2 Å². The number of anilines is 1. The van der Waals surface area contributed by atoms with Crippen LogP contribution in [0.2, 0.25) is 0 Å². The van der Waals surface area contributed by atoms with Crippen molar-refractivity contribution in [2.75, 3.05) is 18.7 Å². The zero-order chi connectivity index (χ0) is 26.6. The fraction of sp³-hybridized carbons (Fsp3) is 0.138. The molecule has 1 aliphatic carbocycles. The molecule has 0 spiro atoms. The Kier molecular flexibility index (Phi) is 7.85. The van der Waals surface area contributed by atoms with Crippen molar-refractivity contribution in [1.29, 1.82) is 0 Å². The first kappa shape index (κ1) is 26.2. The Bertz CT molecular complexity index is 1470. The number of quaternary nitrogens is 1. The number of carbonyl (C=O) groups is 1. The second-order valence-corrected chi connectivity index (χ2v) is 10.2. The Balaban J connectivity index is 1.64. The third-order valence-corrected chi connectivity index (χ3v) is 7.08. The fourth-order valence-corrected chi connectivity index (χ4v) is 4.80. The largest absolute Gasteiger partial charge is 0.301 e. The second kappa shape index (κ2) is 11.1. The molecule has 1 unspecified atom stereocenters. The summed E-state index contributed by atoms with van der Waals surface area (Å²) in [5.41, 5.74) is 6.25. The monoisotopic (exact) mass is 517 g/mol. The van der Waals surface area contributed by atoms with Gasteiger partial charge in [0.2, 0.25) is 0 Å². The van der Waals surface area contributed by atoms with Crippen LogP contribution in [0.3, 0.4) is 0 Å². The molecule has 1 aliphatic rings. The first-order valence-electron chi connectivity index (χ1n) is 11.9. The van der Waals surface area contributed by atoms with E-state index in [0.29, 0.717) is 18.8 Å². The van der Waals surface area contributed by atoms with Gasteiger partial charge >= 0.3 is 0 Å². The summed E-state index contributed by atoms with van der Waals surface area (Å²) in [5.74, 6) is -0.0593. The van der Waals surface area contributed by atoms with E-state index in [4.69, 9.17) is 0 Å². The highest BCUT2D eigenvalue weighted by molar-refractivity contribution is 7.85. The highest BCUT2D eigenvalue weighted by Crippen LogP contribution is 2.31. The van der Waals surface area contributed by atoms with Crippen LogP contribution >= 0.6 is 0 Å². The normalized spacial score (nSPS) is 14.1. The van der Waals surface area contributed by atoms with Crippen LogP contribution in [0, 0.1) is 0 Å². The van der Waals surface area contributed by atoms with Crippen LogP contribution in [-0.4, -0.2) is 37.6 Å². The summed E-state index contributed by atoms with van der Waals surface area (Å²) < 4.78 is 32.3. The molecule has 3 aromatic rings. The smallest absolute Gasteiger partial charge is 0.294 e. The standard InChI is InChI=1S/C29H28N2O5S/c1-3-31(33)26-15-9-23(10-16-26)29(24-11-17-27(32)18-12-24)22-7-13-25(14-8-22)30(2)20-21-5-4-6-28(19-21)37(34,35)36/h4-19,33H,3,20H2,1-2H3,(H,34,35,36)/p+1. The summed E-state index contributed by atoms with van der Waals surface area (Å²) in [6, 6.07) is 22.0. The van der Waals surface area contributed by atoms with Gasteiger partial charge in [-0.05, 0) is 89.9 Å². The van der Waals surface area contributed by atoms with E-state index >= 15 is 0 Å². The highest BCUT2D eigenvalue weighted by atomic mass is 32.2. The van der Waals surface area contributed by atoms with E-state index in [1.807, 2.05) is 80.7 Å². The van der Waals surface area contributed by atoms with E-state index in [1.165, 1.54) is 17.2 Å². The van der Waals surface area contributed by atoms with E-state index < -0.39 is 10.1 Å². The van der Waals surface area contributed by atoms with Crippen molar-refractivity contribution < 1.29 is 27.9 Å². The third-order valence-electron chi connectivity index (χ3n) is 6.23. The van der Waals surface area contributed by atoms with Crippen molar-refractivity contribution in [3.63, 3.8) is 0 Å². The lowest BCUT2D eigenvalue weighted by molar-refractivity contribution is -0.825. The summed E-state index contributed by atoms with van der Waals surface area (Å²) >= 11 is 0. The van der Waals surface area contributed by atoms with Crippen LogP contribution in [0.1, 0.15) is 23.6 Å². The minimum atomic E-state index is -4.25. The molecule has 0 aliphatic heterocycles. The Morgan fingerprint density at radius 3 is 2.05 bits per heavy atom. The van der Waals surface area contributed by atoms with Crippen LogP contribution in [0.15, 0.2) is 108 Å². The number of rotatable bonds is 8. The number of nitrogens with zero attached hydrogens (tertiary/aromatic N) is 1. The molecule has 0 saturated heterocycles. The number of nitrogens with one attached hydrogen (secondary N) is 1. The predicted molar refractivity (Wildman–Crippen MR) is 144 cm³/mol. The molecule has 0 aromatic heterocycles. The molecule has 0 bridgehead atoms. The number of carbonyl (C=O) groups excluding carboxylic acids is 1. The maximum absolute atomic E-state index is 11.7. The van der Waals surface area contributed by atoms with Gasteiger partial charge in [-0.3, -0.25) is 19.6 Å².